The molecule has 0 unspecified atom stereocenters. The van der Waals surface area contributed by atoms with Gasteiger partial charge in [0.25, 0.3) is 11.8 Å². The lowest BCUT2D eigenvalue weighted by Gasteiger charge is -2.31. The number of piperidine rings is 1. The van der Waals surface area contributed by atoms with Crippen molar-refractivity contribution in [2.75, 3.05) is 25.0 Å². The molecule has 0 radical (unpaired) electrons. The minimum Gasteiger partial charge on any atom is -0.356 e. The summed E-state index contributed by atoms with van der Waals surface area (Å²) in [5.41, 5.74) is 1.55. The van der Waals surface area contributed by atoms with Crippen molar-refractivity contribution in [1.29, 1.82) is 0 Å². The second-order valence-electron chi connectivity index (χ2n) is 7.75. The molecule has 1 fully saturated rings. The van der Waals surface area contributed by atoms with E-state index in [1.54, 1.807) is 53.4 Å². The highest BCUT2D eigenvalue weighted by Gasteiger charge is 2.27. The van der Waals surface area contributed by atoms with E-state index in [-0.39, 0.29) is 23.6 Å². The molecule has 3 amide bonds. The molecule has 0 spiro atoms. The van der Waals surface area contributed by atoms with Crippen LogP contribution in [0.4, 0.5) is 5.69 Å². The van der Waals surface area contributed by atoms with Gasteiger partial charge in [-0.25, -0.2) is 0 Å². The largest absolute Gasteiger partial charge is 0.356 e. The van der Waals surface area contributed by atoms with E-state index in [1.165, 1.54) is 0 Å². The van der Waals surface area contributed by atoms with E-state index in [0.29, 0.717) is 54.3 Å². The van der Waals surface area contributed by atoms with Crippen LogP contribution in [-0.4, -0.2) is 42.3 Å². The van der Waals surface area contributed by atoms with E-state index < -0.39 is 0 Å². The van der Waals surface area contributed by atoms with Crippen LogP contribution >= 0.6 is 11.6 Å². The zero-order valence-electron chi connectivity index (χ0n) is 17.7. The number of anilines is 1. The van der Waals surface area contributed by atoms with Crippen molar-refractivity contribution in [2.24, 2.45) is 5.92 Å². The normalized spacial score (nSPS) is 14.2. The van der Waals surface area contributed by atoms with Crippen molar-refractivity contribution in [3.05, 3.63) is 64.7 Å². The van der Waals surface area contributed by atoms with E-state index in [1.807, 2.05) is 0 Å². The molecule has 3 rings (SSSR count). The van der Waals surface area contributed by atoms with Gasteiger partial charge in [0, 0.05) is 47.4 Å². The van der Waals surface area contributed by atoms with Crippen LogP contribution in [0.3, 0.4) is 0 Å². The fraction of sp³-hybridized carbons (Fsp3) is 0.375. The molecule has 7 heteroatoms. The molecule has 0 bridgehead atoms. The van der Waals surface area contributed by atoms with Gasteiger partial charge < -0.3 is 15.5 Å². The Labute approximate surface area is 188 Å². The lowest BCUT2D eigenvalue weighted by molar-refractivity contribution is -0.126. The molecule has 31 heavy (non-hydrogen) atoms. The van der Waals surface area contributed by atoms with Gasteiger partial charge >= 0.3 is 0 Å². The van der Waals surface area contributed by atoms with Crippen LogP contribution in [0.1, 0.15) is 53.3 Å². The Hall–Kier alpha value is -2.86. The number of carbonyl (C=O) groups is 3. The van der Waals surface area contributed by atoms with Crippen LogP contribution in [0.5, 0.6) is 0 Å². The molecule has 0 saturated carbocycles. The first-order valence-electron chi connectivity index (χ1n) is 10.7. The van der Waals surface area contributed by atoms with Crippen LogP contribution in [-0.2, 0) is 4.79 Å². The molecule has 1 saturated heterocycles. The van der Waals surface area contributed by atoms with Crippen molar-refractivity contribution in [2.45, 2.75) is 32.6 Å². The van der Waals surface area contributed by atoms with E-state index in [9.17, 15) is 14.4 Å². The van der Waals surface area contributed by atoms with Gasteiger partial charge in [-0.2, -0.15) is 0 Å². The summed E-state index contributed by atoms with van der Waals surface area (Å²) in [7, 11) is 0. The van der Waals surface area contributed by atoms with Crippen molar-refractivity contribution in [1.82, 2.24) is 10.2 Å². The summed E-state index contributed by atoms with van der Waals surface area (Å²) in [6.07, 6.45) is 3.35. The molecule has 2 aromatic rings. The fourth-order valence-electron chi connectivity index (χ4n) is 3.59. The highest BCUT2D eigenvalue weighted by Crippen LogP contribution is 2.21. The quantitative estimate of drug-likeness (QED) is 0.626. The average molecular weight is 442 g/mol. The van der Waals surface area contributed by atoms with Crippen LogP contribution in [0.2, 0.25) is 5.02 Å². The van der Waals surface area contributed by atoms with E-state index in [4.69, 9.17) is 11.6 Å². The summed E-state index contributed by atoms with van der Waals surface area (Å²) in [5.74, 6) is -0.304. The first kappa shape index (κ1) is 22.8. The number of hydrogen-bond donors (Lipinski definition) is 2. The topological polar surface area (TPSA) is 78.5 Å². The lowest BCUT2D eigenvalue weighted by atomic mass is 9.95. The Balaban J connectivity index is 1.56. The third kappa shape index (κ3) is 6.31. The zero-order chi connectivity index (χ0) is 22.2. The van der Waals surface area contributed by atoms with Crippen LogP contribution < -0.4 is 10.6 Å². The second kappa shape index (κ2) is 11.0. The minimum absolute atomic E-state index is 0.0362. The molecule has 1 aliphatic heterocycles. The van der Waals surface area contributed by atoms with Gasteiger partial charge in [-0.05, 0) is 61.7 Å². The van der Waals surface area contributed by atoms with Crippen molar-refractivity contribution in [3.8, 4) is 0 Å². The SMILES string of the molecule is CCCCNC(=O)C1CCN(C(=O)c2cccc(NC(=O)c3ccc(Cl)cc3)c2)CC1. The molecule has 2 aromatic carbocycles. The molecule has 0 aromatic heterocycles. The number of halogens is 1. The summed E-state index contributed by atoms with van der Waals surface area (Å²) >= 11 is 5.86. The lowest BCUT2D eigenvalue weighted by Crippen LogP contribution is -2.43. The summed E-state index contributed by atoms with van der Waals surface area (Å²) < 4.78 is 0. The van der Waals surface area contributed by atoms with Crippen molar-refractivity contribution < 1.29 is 14.4 Å². The number of carbonyl (C=O) groups excluding carboxylic acids is 3. The summed E-state index contributed by atoms with van der Waals surface area (Å²) in [6.45, 7) is 3.90. The number of amides is 3. The number of hydrogen-bond acceptors (Lipinski definition) is 3. The van der Waals surface area contributed by atoms with Crippen molar-refractivity contribution in [3.63, 3.8) is 0 Å². The number of benzene rings is 2. The Morgan fingerprint density at radius 3 is 2.42 bits per heavy atom. The fourth-order valence-corrected chi connectivity index (χ4v) is 3.72. The van der Waals surface area contributed by atoms with Gasteiger partial charge in [-0.15, -0.1) is 0 Å². The number of rotatable bonds is 7. The standard InChI is InChI=1S/C24H28ClN3O3/c1-2-3-13-26-22(29)18-11-14-28(15-12-18)24(31)19-5-4-6-21(16-19)27-23(30)17-7-9-20(25)10-8-17/h4-10,16,18H,2-3,11-15H2,1H3,(H,26,29)(H,27,30). The van der Waals surface area contributed by atoms with Gasteiger partial charge in [0.2, 0.25) is 5.91 Å². The van der Waals surface area contributed by atoms with E-state index in [0.717, 1.165) is 12.8 Å². The van der Waals surface area contributed by atoms with Crippen LogP contribution in [0.15, 0.2) is 48.5 Å². The first-order valence-corrected chi connectivity index (χ1v) is 11.1. The average Bonchev–Trinajstić information content (AvgIpc) is 2.79. The predicted molar refractivity (Wildman–Crippen MR) is 122 cm³/mol. The highest BCUT2D eigenvalue weighted by molar-refractivity contribution is 6.30. The molecule has 1 aliphatic rings. The van der Waals surface area contributed by atoms with Crippen LogP contribution in [0.25, 0.3) is 0 Å². The molecule has 0 atom stereocenters. The molecule has 0 aliphatic carbocycles. The van der Waals surface area contributed by atoms with Gasteiger partial charge in [-0.3, -0.25) is 14.4 Å². The van der Waals surface area contributed by atoms with E-state index >= 15 is 0 Å². The maximum absolute atomic E-state index is 12.9. The van der Waals surface area contributed by atoms with Gasteiger partial charge in [0.15, 0.2) is 0 Å². The third-order valence-corrected chi connectivity index (χ3v) is 5.71. The molecular weight excluding hydrogens is 414 g/mol. The molecular formula is C24H28ClN3O3. The Bertz CT molecular complexity index is 922. The molecule has 164 valence electrons. The summed E-state index contributed by atoms with van der Waals surface area (Å²) in [6, 6.07) is 13.5. The second-order valence-corrected chi connectivity index (χ2v) is 8.19. The zero-order valence-corrected chi connectivity index (χ0v) is 18.5. The smallest absolute Gasteiger partial charge is 0.255 e. The number of nitrogens with one attached hydrogen (secondary N) is 2. The Morgan fingerprint density at radius 1 is 1.03 bits per heavy atom. The molecule has 1 heterocycles. The van der Waals surface area contributed by atoms with Crippen LogP contribution in [0, 0.1) is 5.92 Å². The highest BCUT2D eigenvalue weighted by atomic mass is 35.5. The van der Waals surface area contributed by atoms with E-state index in [2.05, 4.69) is 17.6 Å². The number of nitrogens with zero attached hydrogens (tertiary/aromatic N) is 1. The summed E-state index contributed by atoms with van der Waals surface area (Å²) in [5, 5.41) is 6.36. The maximum atomic E-state index is 12.9. The Kier molecular flexibility index (Phi) is 8.06. The number of likely N-dealkylation sites (tertiary alicyclic amines) is 1. The van der Waals surface area contributed by atoms with Crippen molar-refractivity contribution >= 4 is 35.0 Å². The van der Waals surface area contributed by atoms with Gasteiger partial charge in [0.1, 0.15) is 0 Å². The number of unbranched alkanes of at least 4 members (excludes halogenated alkanes) is 1. The first-order chi connectivity index (χ1) is 15.0. The Morgan fingerprint density at radius 2 is 1.74 bits per heavy atom. The minimum atomic E-state index is -0.267. The summed E-state index contributed by atoms with van der Waals surface area (Å²) in [4.78, 5) is 39.4. The van der Waals surface area contributed by atoms with Gasteiger partial charge in [0.05, 0.1) is 0 Å². The maximum Gasteiger partial charge on any atom is 0.255 e. The van der Waals surface area contributed by atoms with Gasteiger partial charge in [-0.1, -0.05) is 31.0 Å². The predicted octanol–water partition coefficient (Wildman–Crippen LogP) is 4.36. The molecule has 2 N–H and O–H groups in total. The molecule has 6 nitrogen and oxygen atoms in total. The monoisotopic (exact) mass is 441 g/mol. The third-order valence-electron chi connectivity index (χ3n) is 5.46.